The summed E-state index contributed by atoms with van der Waals surface area (Å²) < 4.78 is 12.1. The van der Waals surface area contributed by atoms with E-state index in [1.165, 1.54) is 7.11 Å². The molecule has 170 valence electrons. The SMILES string of the molecule is COCCOC(=O)C1C(C)=NC(=O)NC1c1cn(-c2ccccc2)nc1-c1ccc(S)cc1. The lowest BCUT2D eigenvalue weighted by Crippen LogP contribution is -2.44. The number of amides is 2. The lowest BCUT2D eigenvalue weighted by molar-refractivity contribution is -0.148. The number of rotatable bonds is 7. The fraction of sp³-hybridized carbons (Fsp3) is 0.250. The van der Waals surface area contributed by atoms with Crippen LogP contribution in [0.3, 0.4) is 0 Å². The smallest absolute Gasteiger partial charge is 0.341 e. The van der Waals surface area contributed by atoms with Gasteiger partial charge in [0.15, 0.2) is 0 Å². The minimum absolute atomic E-state index is 0.110. The molecular formula is C24H24N4O4S. The lowest BCUT2D eigenvalue weighted by atomic mass is 9.87. The summed E-state index contributed by atoms with van der Waals surface area (Å²) in [6.45, 7) is 2.04. The topological polar surface area (TPSA) is 94.8 Å². The van der Waals surface area contributed by atoms with Gasteiger partial charge in [0.25, 0.3) is 0 Å². The quantitative estimate of drug-likeness (QED) is 0.315. The molecule has 33 heavy (non-hydrogen) atoms. The molecule has 9 heteroatoms. The summed E-state index contributed by atoms with van der Waals surface area (Å²) in [5, 5.41) is 7.65. The summed E-state index contributed by atoms with van der Waals surface area (Å²) in [5.41, 5.74) is 3.39. The molecule has 8 nitrogen and oxygen atoms in total. The van der Waals surface area contributed by atoms with E-state index in [0.717, 1.165) is 16.1 Å². The van der Waals surface area contributed by atoms with E-state index in [-0.39, 0.29) is 13.2 Å². The van der Waals surface area contributed by atoms with Gasteiger partial charge in [-0.1, -0.05) is 30.3 Å². The summed E-state index contributed by atoms with van der Waals surface area (Å²) >= 11 is 4.37. The number of aromatic nitrogens is 2. The van der Waals surface area contributed by atoms with Gasteiger partial charge in [-0.25, -0.2) is 14.5 Å². The highest BCUT2D eigenvalue weighted by atomic mass is 32.1. The van der Waals surface area contributed by atoms with Crippen molar-refractivity contribution < 1.29 is 19.1 Å². The van der Waals surface area contributed by atoms with E-state index in [1.807, 2.05) is 60.8 Å². The van der Waals surface area contributed by atoms with Crippen LogP contribution >= 0.6 is 12.6 Å². The van der Waals surface area contributed by atoms with Gasteiger partial charge in [-0.15, -0.1) is 12.6 Å². The minimum atomic E-state index is -0.795. The average molecular weight is 465 g/mol. The van der Waals surface area contributed by atoms with Gasteiger partial charge in [0.1, 0.15) is 12.5 Å². The van der Waals surface area contributed by atoms with E-state index in [1.54, 1.807) is 11.6 Å². The van der Waals surface area contributed by atoms with E-state index in [0.29, 0.717) is 17.0 Å². The van der Waals surface area contributed by atoms with Crippen molar-refractivity contribution in [2.45, 2.75) is 17.9 Å². The van der Waals surface area contributed by atoms with Crippen LogP contribution in [0.25, 0.3) is 16.9 Å². The van der Waals surface area contributed by atoms with Crippen LogP contribution in [0.15, 0.2) is 70.7 Å². The molecule has 2 unspecified atom stereocenters. The van der Waals surface area contributed by atoms with Gasteiger partial charge in [-0.2, -0.15) is 5.10 Å². The second kappa shape index (κ2) is 10.0. The Bertz CT molecular complexity index is 1170. The van der Waals surface area contributed by atoms with Crippen molar-refractivity contribution in [2.75, 3.05) is 20.3 Å². The highest BCUT2D eigenvalue weighted by Crippen LogP contribution is 2.35. The second-order valence-electron chi connectivity index (χ2n) is 7.58. The van der Waals surface area contributed by atoms with Crippen LogP contribution in [-0.2, 0) is 14.3 Å². The molecule has 0 radical (unpaired) electrons. The number of benzene rings is 2. The maximum atomic E-state index is 13.0. The first-order chi connectivity index (χ1) is 16.0. The van der Waals surface area contributed by atoms with E-state index < -0.39 is 24.0 Å². The summed E-state index contributed by atoms with van der Waals surface area (Å²) in [6, 6.07) is 16.0. The maximum Gasteiger partial charge on any atom is 0.341 e. The molecule has 4 rings (SSSR count). The van der Waals surface area contributed by atoms with Crippen LogP contribution in [-0.4, -0.2) is 47.8 Å². The average Bonchev–Trinajstić information content (AvgIpc) is 3.25. The van der Waals surface area contributed by atoms with Gasteiger partial charge in [0.05, 0.1) is 24.0 Å². The van der Waals surface area contributed by atoms with E-state index in [2.05, 4.69) is 22.9 Å². The number of urea groups is 1. The van der Waals surface area contributed by atoms with Gasteiger partial charge in [-0.3, -0.25) is 4.79 Å². The van der Waals surface area contributed by atoms with Gasteiger partial charge < -0.3 is 14.8 Å². The molecular weight excluding hydrogens is 440 g/mol. The predicted octanol–water partition coefficient (Wildman–Crippen LogP) is 3.86. The predicted molar refractivity (Wildman–Crippen MR) is 127 cm³/mol. The fourth-order valence-electron chi connectivity index (χ4n) is 3.77. The molecule has 1 aliphatic rings. The number of nitrogens with zero attached hydrogens (tertiary/aromatic N) is 3. The van der Waals surface area contributed by atoms with E-state index in [4.69, 9.17) is 14.6 Å². The van der Waals surface area contributed by atoms with Crippen molar-refractivity contribution in [3.63, 3.8) is 0 Å². The molecule has 1 aliphatic heterocycles. The molecule has 0 saturated heterocycles. The van der Waals surface area contributed by atoms with Crippen molar-refractivity contribution in [2.24, 2.45) is 10.9 Å². The number of thiol groups is 1. The summed E-state index contributed by atoms with van der Waals surface area (Å²) in [6.07, 6.45) is 1.83. The molecule has 0 fully saturated rings. The summed E-state index contributed by atoms with van der Waals surface area (Å²) in [5.74, 6) is -1.28. The first kappa shape index (κ1) is 22.8. The van der Waals surface area contributed by atoms with Gasteiger partial charge in [-0.05, 0) is 31.2 Å². The number of nitrogens with one attached hydrogen (secondary N) is 1. The maximum absolute atomic E-state index is 13.0. The fourth-order valence-corrected chi connectivity index (χ4v) is 3.92. The van der Waals surface area contributed by atoms with Gasteiger partial charge in [0.2, 0.25) is 0 Å². The molecule has 0 bridgehead atoms. The van der Waals surface area contributed by atoms with E-state index >= 15 is 0 Å². The molecule has 2 aromatic carbocycles. The molecule has 0 aliphatic carbocycles. The van der Waals surface area contributed by atoms with E-state index in [9.17, 15) is 9.59 Å². The number of hydrogen-bond acceptors (Lipinski definition) is 6. The summed E-state index contributed by atoms with van der Waals surface area (Å²) in [4.78, 5) is 30.1. The Morgan fingerprint density at radius 3 is 2.55 bits per heavy atom. The van der Waals surface area contributed by atoms with Crippen LogP contribution in [0.4, 0.5) is 4.79 Å². The first-order valence-corrected chi connectivity index (χ1v) is 10.9. The molecule has 2 amide bonds. The largest absolute Gasteiger partial charge is 0.463 e. The zero-order valence-electron chi connectivity index (χ0n) is 18.3. The van der Waals surface area contributed by atoms with Crippen LogP contribution in [0.2, 0.25) is 0 Å². The third-order valence-corrected chi connectivity index (χ3v) is 5.66. The molecule has 2 heterocycles. The Kier molecular flexibility index (Phi) is 6.90. The number of para-hydroxylation sites is 1. The molecule has 0 spiro atoms. The van der Waals surface area contributed by atoms with Crippen molar-refractivity contribution >= 4 is 30.3 Å². The Morgan fingerprint density at radius 1 is 1.12 bits per heavy atom. The zero-order valence-corrected chi connectivity index (χ0v) is 19.2. The number of aliphatic imine (C=N–C) groups is 1. The number of carbonyl (C=O) groups is 2. The van der Waals surface area contributed by atoms with Gasteiger partial charge in [0, 0.05) is 35.0 Å². The molecule has 3 aromatic rings. The standard InChI is InChI=1S/C24H24N4O4S/c1-15-20(23(29)32-13-12-31-2)22(26-24(30)25-15)19-14-28(17-6-4-3-5-7-17)27-21(19)16-8-10-18(33)11-9-16/h3-11,14,20,22,33H,12-13H2,1-2H3,(H,26,30). The monoisotopic (exact) mass is 464 g/mol. The van der Waals surface area contributed by atoms with Crippen molar-refractivity contribution in [1.29, 1.82) is 0 Å². The lowest BCUT2D eigenvalue weighted by Gasteiger charge is -2.29. The number of methoxy groups -OCH3 is 1. The molecule has 2 atom stereocenters. The Hall–Kier alpha value is -3.43. The minimum Gasteiger partial charge on any atom is -0.463 e. The second-order valence-corrected chi connectivity index (χ2v) is 8.09. The Labute approximate surface area is 197 Å². The van der Waals surface area contributed by atoms with Crippen LogP contribution in [0, 0.1) is 5.92 Å². The van der Waals surface area contributed by atoms with Crippen LogP contribution in [0.5, 0.6) is 0 Å². The highest BCUT2D eigenvalue weighted by Gasteiger charge is 2.40. The summed E-state index contributed by atoms with van der Waals surface area (Å²) in [7, 11) is 1.53. The van der Waals surface area contributed by atoms with Crippen LogP contribution in [0.1, 0.15) is 18.5 Å². The number of hydrogen-bond donors (Lipinski definition) is 2. The molecule has 1 N–H and O–H groups in total. The van der Waals surface area contributed by atoms with Crippen molar-refractivity contribution in [3.8, 4) is 16.9 Å². The number of carbonyl (C=O) groups excluding carboxylic acids is 2. The Balaban J connectivity index is 1.81. The molecule has 0 saturated carbocycles. The Morgan fingerprint density at radius 2 is 1.85 bits per heavy atom. The third kappa shape index (κ3) is 4.99. The zero-order chi connectivity index (χ0) is 23.4. The van der Waals surface area contributed by atoms with Gasteiger partial charge >= 0.3 is 12.0 Å². The number of ether oxygens (including phenoxy) is 2. The number of esters is 1. The van der Waals surface area contributed by atoms with Crippen LogP contribution < -0.4 is 5.32 Å². The third-order valence-electron chi connectivity index (χ3n) is 5.37. The van der Waals surface area contributed by atoms with Crippen molar-refractivity contribution in [3.05, 3.63) is 66.4 Å². The molecule has 1 aromatic heterocycles. The highest BCUT2D eigenvalue weighted by molar-refractivity contribution is 7.80. The normalized spacial score (nSPS) is 17.9. The first-order valence-electron chi connectivity index (χ1n) is 10.4. The van der Waals surface area contributed by atoms with Crippen molar-refractivity contribution in [1.82, 2.24) is 15.1 Å².